The zero-order chi connectivity index (χ0) is 23.5. The highest BCUT2D eigenvalue weighted by Crippen LogP contribution is 2.27. The number of aromatic nitrogens is 2. The topological polar surface area (TPSA) is 64.8 Å². The molecule has 1 amide bonds. The van der Waals surface area contributed by atoms with Gasteiger partial charge in [0, 0.05) is 48.8 Å². The summed E-state index contributed by atoms with van der Waals surface area (Å²) in [6, 6.07) is 16.6. The quantitative estimate of drug-likeness (QED) is 0.535. The molecule has 0 atom stereocenters. The zero-order valence-corrected chi connectivity index (χ0v) is 21.0. The van der Waals surface area contributed by atoms with E-state index in [2.05, 4.69) is 66.7 Å². The average Bonchev–Trinajstić information content (AvgIpc) is 3.22. The number of imidazole rings is 1. The van der Waals surface area contributed by atoms with Crippen LogP contribution in [0, 0.1) is 5.92 Å². The fourth-order valence-electron chi connectivity index (χ4n) is 5.21. The normalized spacial score (nSPS) is 18.6. The van der Waals surface area contributed by atoms with E-state index in [1.54, 1.807) is 0 Å². The maximum absolute atomic E-state index is 13.1. The molecule has 0 unspecified atom stereocenters. The molecule has 2 aliphatic heterocycles. The van der Waals surface area contributed by atoms with Gasteiger partial charge in [0.1, 0.15) is 5.82 Å². The van der Waals surface area contributed by atoms with Crippen molar-refractivity contribution in [1.29, 1.82) is 0 Å². The van der Waals surface area contributed by atoms with Gasteiger partial charge in [-0.1, -0.05) is 34.1 Å². The maximum atomic E-state index is 13.1. The molecular weight excluding hydrogens is 494 g/mol. The summed E-state index contributed by atoms with van der Waals surface area (Å²) in [7, 11) is 0. The second-order valence-corrected chi connectivity index (χ2v) is 10.2. The third kappa shape index (κ3) is 5.05. The number of rotatable bonds is 6. The monoisotopic (exact) mass is 525 g/mol. The smallest absolute Gasteiger partial charge is 0.225 e. The average molecular weight is 526 g/mol. The van der Waals surface area contributed by atoms with Crippen LogP contribution in [0.5, 0.6) is 0 Å². The van der Waals surface area contributed by atoms with Crippen molar-refractivity contribution in [2.24, 2.45) is 5.92 Å². The molecule has 0 aliphatic carbocycles. The molecule has 1 N–H and O–H groups in total. The molecule has 8 heteroatoms. The van der Waals surface area contributed by atoms with Gasteiger partial charge in [-0.25, -0.2) is 4.98 Å². The summed E-state index contributed by atoms with van der Waals surface area (Å²) in [6.07, 6.45) is 1.79. The van der Waals surface area contributed by atoms with Crippen LogP contribution < -0.4 is 0 Å². The summed E-state index contributed by atoms with van der Waals surface area (Å²) in [4.78, 5) is 24.7. The lowest BCUT2D eigenvalue weighted by atomic mass is 9.95. The van der Waals surface area contributed by atoms with Crippen molar-refractivity contribution in [1.82, 2.24) is 24.3 Å². The molecule has 3 aromatic rings. The first-order valence-electron chi connectivity index (χ1n) is 12.2. The summed E-state index contributed by atoms with van der Waals surface area (Å²) >= 11 is 3.60. The molecule has 0 radical (unpaired) electrons. The van der Waals surface area contributed by atoms with Crippen LogP contribution in [0.4, 0.5) is 0 Å². The highest BCUT2D eigenvalue weighted by Gasteiger charge is 2.31. The summed E-state index contributed by atoms with van der Waals surface area (Å²) in [5.74, 6) is 1.46. The van der Waals surface area contributed by atoms with E-state index < -0.39 is 0 Å². The van der Waals surface area contributed by atoms with E-state index in [0.29, 0.717) is 12.5 Å². The van der Waals surface area contributed by atoms with Gasteiger partial charge in [-0.2, -0.15) is 0 Å². The largest absolute Gasteiger partial charge is 0.395 e. The molecule has 0 saturated carbocycles. The minimum Gasteiger partial charge on any atom is -0.395 e. The number of para-hydroxylation sites is 2. The van der Waals surface area contributed by atoms with Crippen LogP contribution in [-0.2, 0) is 11.3 Å². The van der Waals surface area contributed by atoms with Gasteiger partial charge in [-0.3, -0.25) is 19.2 Å². The lowest BCUT2D eigenvalue weighted by Crippen LogP contribution is -2.52. The number of hydrogen-bond donors (Lipinski definition) is 1. The van der Waals surface area contributed by atoms with Crippen molar-refractivity contribution in [2.75, 3.05) is 52.4 Å². The Kier molecular flexibility index (Phi) is 7.29. The number of benzene rings is 2. The van der Waals surface area contributed by atoms with E-state index >= 15 is 0 Å². The lowest BCUT2D eigenvalue weighted by molar-refractivity contribution is -0.139. The van der Waals surface area contributed by atoms with Crippen molar-refractivity contribution in [2.45, 2.75) is 19.4 Å². The van der Waals surface area contributed by atoms with E-state index in [1.807, 2.05) is 17.0 Å². The number of likely N-dealkylation sites (tertiary alicyclic amines) is 1. The second kappa shape index (κ2) is 10.6. The number of amides is 1. The van der Waals surface area contributed by atoms with Crippen LogP contribution in [0.15, 0.2) is 53.0 Å². The van der Waals surface area contributed by atoms with Crippen molar-refractivity contribution in [3.63, 3.8) is 0 Å². The molecule has 3 heterocycles. The molecule has 180 valence electrons. The number of piperidine rings is 1. The van der Waals surface area contributed by atoms with Crippen molar-refractivity contribution in [3.8, 4) is 5.69 Å². The summed E-state index contributed by atoms with van der Waals surface area (Å²) in [5, 5.41) is 9.13. The Balaban J connectivity index is 1.24. The van der Waals surface area contributed by atoms with E-state index in [9.17, 15) is 4.79 Å². The minimum absolute atomic E-state index is 0.115. The summed E-state index contributed by atoms with van der Waals surface area (Å²) < 4.78 is 3.30. The van der Waals surface area contributed by atoms with Gasteiger partial charge in [0.15, 0.2) is 0 Å². The number of hydrogen-bond acceptors (Lipinski definition) is 5. The van der Waals surface area contributed by atoms with Crippen molar-refractivity contribution < 1.29 is 9.90 Å². The standard InChI is InChI=1S/C26H32BrN5O2/c27-21-4-3-5-22(18-21)32-24-7-2-1-6-23(24)28-25(32)19-30-10-8-20(9-11-30)26(34)31-14-12-29(13-15-31)16-17-33/h1-7,18,20,33H,8-17,19H2. The van der Waals surface area contributed by atoms with Gasteiger partial charge in [0.2, 0.25) is 5.91 Å². The first kappa shape index (κ1) is 23.5. The molecule has 34 heavy (non-hydrogen) atoms. The summed E-state index contributed by atoms with van der Waals surface area (Å²) in [6.45, 7) is 6.72. The molecule has 2 aromatic carbocycles. The maximum Gasteiger partial charge on any atom is 0.225 e. The number of fused-ring (bicyclic) bond motifs is 1. The molecular formula is C26H32BrN5O2. The molecule has 2 fully saturated rings. The fraction of sp³-hybridized carbons (Fsp3) is 0.462. The Morgan fingerprint density at radius 3 is 2.47 bits per heavy atom. The summed E-state index contributed by atoms with van der Waals surface area (Å²) in [5.41, 5.74) is 3.22. The van der Waals surface area contributed by atoms with Crippen LogP contribution in [0.1, 0.15) is 18.7 Å². The molecule has 5 rings (SSSR count). The Morgan fingerprint density at radius 1 is 0.971 bits per heavy atom. The highest BCUT2D eigenvalue weighted by atomic mass is 79.9. The number of carbonyl (C=O) groups is 1. The number of piperazine rings is 1. The molecule has 7 nitrogen and oxygen atoms in total. The van der Waals surface area contributed by atoms with Crippen molar-refractivity contribution in [3.05, 3.63) is 58.8 Å². The predicted octanol–water partition coefficient (Wildman–Crippen LogP) is 3.14. The number of halogens is 1. The Bertz CT molecular complexity index is 1130. The van der Waals surface area contributed by atoms with Gasteiger partial charge < -0.3 is 10.0 Å². The number of aliphatic hydroxyl groups excluding tert-OH is 1. The van der Waals surface area contributed by atoms with Crippen molar-refractivity contribution >= 4 is 32.9 Å². The molecule has 2 aliphatic rings. The first-order chi connectivity index (χ1) is 16.6. The van der Waals surface area contributed by atoms with Gasteiger partial charge in [-0.05, 0) is 56.3 Å². The zero-order valence-electron chi connectivity index (χ0n) is 19.4. The van der Waals surface area contributed by atoms with Gasteiger partial charge in [0.25, 0.3) is 0 Å². The third-order valence-corrected chi connectivity index (χ3v) is 7.59. The number of β-amino-alcohol motifs (C(OH)–C–C–N with tert-alkyl or cyclic N) is 1. The molecule has 1 aromatic heterocycles. The van der Waals surface area contributed by atoms with Crippen LogP contribution in [0.2, 0.25) is 0 Å². The lowest BCUT2D eigenvalue weighted by Gasteiger charge is -2.38. The third-order valence-electron chi connectivity index (χ3n) is 7.10. The number of carbonyl (C=O) groups excluding carboxylic acids is 1. The highest BCUT2D eigenvalue weighted by molar-refractivity contribution is 9.10. The van der Waals surface area contributed by atoms with E-state index in [1.165, 1.54) is 0 Å². The predicted molar refractivity (Wildman–Crippen MR) is 137 cm³/mol. The van der Waals surface area contributed by atoms with E-state index in [-0.39, 0.29) is 12.5 Å². The van der Waals surface area contributed by atoms with E-state index in [4.69, 9.17) is 10.1 Å². The minimum atomic E-state index is 0.115. The Hall–Kier alpha value is -2.26. The first-order valence-corrected chi connectivity index (χ1v) is 13.0. The number of nitrogens with zero attached hydrogens (tertiary/aromatic N) is 5. The van der Waals surface area contributed by atoms with Crippen LogP contribution in [0.25, 0.3) is 16.7 Å². The van der Waals surface area contributed by atoms with Gasteiger partial charge in [-0.15, -0.1) is 0 Å². The Morgan fingerprint density at radius 2 is 1.74 bits per heavy atom. The fourth-order valence-corrected chi connectivity index (χ4v) is 5.60. The van der Waals surface area contributed by atoms with Gasteiger partial charge >= 0.3 is 0 Å². The SMILES string of the molecule is O=C(C1CCN(Cc2nc3ccccc3n2-c2cccc(Br)c2)CC1)N1CCN(CCO)CC1. The molecule has 0 spiro atoms. The molecule has 2 saturated heterocycles. The van der Waals surface area contributed by atoms with Crippen LogP contribution in [0.3, 0.4) is 0 Å². The number of aliphatic hydroxyl groups is 1. The molecule has 0 bridgehead atoms. The van der Waals surface area contributed by atoms with Crippen LogP contribution in [-0.4, -0.2) is 87.7 Å². The van der Waals surface area contributed by atoms with Gasteiger partial charge in [0.05, 0.1) is 24.2 Å². The Labute approximate surface area is 209 Å². The van der Waals surface area contributed by atoms with E-state index in [0.717, 1.165) is 85.7 Å². The second-order valence-electron chi connectivity index (χ2n) is 9.27. The van der Waals surface area contributed by atoms with Crippen LogP contribution >= 0.6 is 15.9 Å².